The van der Waals surface area contributed by atoms with Gasteiger partial charge < -0.3 is 24.4 Å². The van der Waals surface area contributed by atoms with Crippen LogP contribution in [0.5, 0.6) is 17.2 Å². The van der Waals surface area contributed by atoms with Gasteiger partial charge in [0.2, 0.25) is 11.8 Å². The maximum absolute atomic E-state index is 14.0. The van der Waals surface area contributed by atoms with Crippen LogP contribution in [0, 0.1) is 0 Å². The third-order valence-electron chi connectivity index (χ3n) is 6.94. The summed E-state index contributed by atoms with van der Waals surface area (Å²) in [5.41, 5.74) is 3.38. The van der Waals surface area contributed by atoms with Gasteiger partial charge in [-0.3, -0.25) is 9.59 Å². The fraction of sp³-hybridized carbons (Fsp3) is 0.235. The maximum Gasteiger partial charge on any atom is 0.247 e. The summed E-state index contributed by atoms with van der Waals surface area (Å²) in [6.07, 6.45) is 0.699. The highest BCUT2D eigenvalue weighted by Crippen LogP contribution is 2.30. The lowest BCUT2D eigenvalue weighted by Gasteiger charge is -2.32. The minimum atomic E-state index is -0.856. The lowest BCUT2D eigenvalue weighted by atomic mass is 10.0. The maximum atomic E-state index is 14.0. The zero-order valence-corrected chi connectivity index (χ0v) is 24.8. The number of nitrogens with zero attached hydrogens (tertiary/aromatic N) is 1. The highest BCUT2D eigenvalue weighted by molar-refractivity contribution is 6.30. The molecule has 0 aromatic heterocycles. The molecule has 0 saturated carbocycles. The molecule has 0 unspecified atom stereocenters. The van der Waals surface area contributed by atoms with Gasteiger partial charge in [0.25, 0.3) is 0 Å². The van der Waals surface area contributed by atoms with E-state index in [-0.39, 0.29) is 24.8 Å². The van der Waals surface area contributed by atoms with Crippen LogP contribution in [0.2, 0.25) is 5.02 Å². The Labute approximate surface area is 252 Å². The zero-order valence-electron chi connectivity index (χ0n) is 24.0. The second-order valence-corrected chi connectivity index (χ2v) is 10.2. The number of benzene rings is 4. The molecule has 4 rings (SSSR count). The van der Waals surface area contributed by atoms with E-state index in [0.29, 0.717) is 35.1 Å². The van der Waals surface area contributed by atoms with E-state index in [9.17, 15) is 9.59 Å². The topological polar surface area (TPSA) is 77.1 Å². The number of amides is 2. The lowest BCUT2D eigenvalue weighted by Crippen LogP contribution is -2.44. The first-order chi connectivity index (χ1) is 20.4. The molecule has 8 heteroatoms. The van der Waals surface area contributed by atoms with Crippen molar-refractivity contribution in [3.8, 4) is 17.2 Å². The fourth-order valence-electron chi connectivity index (χ4n) is 4.70. The van der Waals surface area contributed by atoms with Gasteiger partial charge >= 0.3 is 0 Å². The van der Waals surface area contributed by atoms with Crippen molar-refractivity contribution in [2.45, 2.75) is 25.4 Å². The molecule has 2 amide bonds. The van der Waals surface area contributed by atoms with E-state index in [2.05, 4.69) is 5.32 Å². The summed E-state index contributed by atoms with van der Waals surface area (Å²) >= 11 is 6.13. The van der Waals surface area contributed by atoms with Gasteiger partial charge in [-0.2, -0.15) is 0 Å². The first-order valence-electron chi connectivity index (χ1n) is 13.6. The average Bonchev–Trinajstić information content (AvgIpc) is 3.02. The summed E-state index contributed by atoms with van der Waals surface area (Å²) in [6.45, 7) is 0.627. The van der Waals surface area contributed by atoms with Crippen LogP contribution in [0.1, 0.15) is 28.3 Å². The standard InChI is InChI=1S/C34H35ClN2O5/c1-40-29-16-11-24(12-17-29)19-20-36-34(39)33(27-7-5-4-6-8-27)37(23-25-9-14-28(35)15-10-25)32(38)22-26-13-18-30(41-2)31(21-26)42-3/h4-18,21,33H,19-20,22-23H2,1-3H3,(H,36,39)/t33-/m1/s1. The summed E-state index contributed by atoms with van der Waals surface area (Å²) in [6, 6.07) is 28.9. The molecule has 42 heavy (non-hydrogen) atoms. The summed E-state index contributed by atoms with van der Waals surface area (Å²) in [5, 5.41) is 3.66. The predicted molar refractivity (Wildman–Crippen MR) is 164 cm³/mol. The van der Waals surface area contributed by atoms with Gasteiger partial charge in [-0.25, -0.2) is 0 Å². The Morgan fingerprint density at radius 1 is 0.762 bits per heavy atom. The summed E-state index contributed by atoms with van der Waals surface area (Å²) in [5.74, 6) is 1.41. The third kappa shape index (κ3) is 8.04. The van der Waals surface area contributed by atoms with Crippen molar-refractivity contribution in [1.29, 1.82) is 0 Å². The van der Waals surface area contributed by atoms with Crippen molar-refractivity contribution < 1.29 is 23.8 Å². The van der Waals surface area contributed by atoms with E-state index in [1.165, 1.54) is 0 Å². The molecule has 0 spiro atoms. The Kier molecular flexibility index (Phi) is 10.8. The fourth-order valence-corrected chi connectivity index (χ4v) is 4.83. The molecule has 4 aromatic rings. The third-order valence-corrected chi connectivity index (χ3v) is 7.19. The van der Waals surface area contributed by atoms with Crippen LogP contribution in [-0.4, -0.2) is 44.6 Å². The van der Waals surface area contributed by atoms with Gasteiger partial charge in [-0.05, 0) is 65.1 Å². The summed E-state index contributed by atoms with van der Waals surface area (Å²) in [7, 11) is 4.74. The second kappa shape index (κ2) is 14.9. The molecule has 0 radical (unpaired) electrons. The largest absolute Gasteiger partial charge is 0.497 e. The Balaban J connectivity index is 1.62. The highest BCUT2D eigenvalue weighted by atomic mass is 35.5. The van der Waals surface area contributed by atoms with Crippen molar-refractivity contribution in [2.75, 3.05) is 27.9 Å². The molecule has 0 aliphatic carbocycles. The highest BCUT2D eigenvalue weighted by Gasteiger charge is 2.31. The van der Waals surface area contributed by atoms with Crippen LogP contribution in [0.25, 0.3) is 0 Å². The number of carbonyl (C=O) groups is 2. The first kappa shape index (κ1) is 30.5. The number of ether oxygens (including phenoxy) is 3. The van der Waals surface area contributed by atoms with Crippen molar-refractivity contribution in [3.05, 3.63) is 124 Å². The van der Waals surface area contributed by atoms with Gasteiger partial charge in [-0.15, -0.1) is 0 Å². The van der Waals surface area contributed by atoms with Gasteiger partial charge in [0.15, 0.2) is 11.5 Å². The lowest BCUT2D eigenvalue weighted by molar-refractivity contribution is -0.141. The number of methoxy groups -OCH3 is 3. The van der Waals surface area contributed by atoms with E-state index >= 15 is 0 Å². The number of hydrogen-bond donors (Lipinski definition) is 1. The average molecular weight is 587 g/mol. The Bertz CT molecular complexity index is 1460. The monoisotopic (exact) mass is 586 g/mol. The summed E-state index contributed by atoms with van der Waals surface area (Å²) < 4.78 is 16.0. The Hall–Kier alpha value is -4.49. The molecule has 4 aromatic carbocycles. The van der Waals surface area contributed by atoms with E-state index in [0.717, 1.165) is 22.4 Å². The number of carbonyl (C=O) groups excluding carboxylic acids is 2. The Morgan fingerprint density at radius 2 is 1.40 bits per heavy atom. The number of nitrogens with one attached hydrogen (secondary N) is 1. The smallest absolute Gasteiger partial charge is 0.247 e. The molecule has 0 aliphatic heterocycles. The molecule has 0 fully saturated rings. The number of hydrogen-bond acceptors (Lipinski definition) is 5. The second-order valence-electron chi connectivity index (χ2n) is 9.72. The van der Waals surface area contributed by atoms with E-state index in [4.69, 9.17) is 25.8 Å². The van der Waals surface area contributed by atoms with Crippen LogP contribution in [0.4, 0.5) is 0 Å². The van der Waals surface area contributed by atoms with Crippen LogP contribution in [-0.2, 0) is 29.0 Å². The van der Waals surface area contributed by atoms with Crippen LogP contribution < -0.4 is 19.5 Å². The normalized spacial score (nSPS) is 11.3. The first-order valence-corrected chi connectivity index (χ1v) is 14.0. The van der Waals surface area contributed by atoms with E-state index in [1.54, 1.807) is 50.5 Å². The SMILES string of the molecule is COc1ccc(CCNC(=O)[C@@H](c2ccccc2)N(Cc2ccc(Cl)cc2)C(=O)Cc2ccc(OC)c(OC)c2)cc1. The van der Waals surface area contributed by atoms with Crippen LogP contribution in [0.15, 0.2) is 97.1 Å². The van der Waals surface area contributed by atoms with Crippen LogP contribution >= 0.6 is 11.6 Å². The van der Waals surface area contributed by atoms with Crippen molar-refractivity contribution in [2.24, 2.45) is 0 Å². The number of halogens is 1. The van der Waals surface area contributed by atoms with Crippen molar-refractivity contribution >= 4 is 23.4 Å². The molecule has 1 atom stereocenters. The molecule has 0 aliphatic rings. The van der Waals surface area contributed by atoms with E-state index in [1.807, 2.05) is 72.8 Å². The molecule has 218 valence electrons. The van der Waals surface area contributed by atoms with Gasteiger partial charge in [0, 0.05) is 18.1 Å². The molecular weight excluding hydrogens is 552 g/mol. The molecule has 0 saturated heterocycles. The minimum absolute atomic E-state index is 0.0659. The molecule has 1 N–H and O–H groups in total. The number of rotatable bonds is 13. The minimum Gasteiger partial charge on any atom is -0.497 e. The molecule has 0 bridgehead atoms. The van der Waals surface area contributed by atoms with E-state index < -0.39 is 6.04 Å². The van der Waals surface area contributed by atoms with Crippen molar-refractivity contribution in [1.82, 2.24) is 10.2 Å². The van der Waals surface area contributed by atoms with Gasteiger partial charge in [0.05, 0.1) is 27.8 Å². The molecule has 0 heterocycles. The molecular formula is C34H35ClN2O5. The van der Waals surface area contributed by atoms with Crippen LogP contribution in [0.3, 0.4) is 0 Å². The summed E-state index contributed by atoms with van der Waals surface area (Å²) in [4.78, 5) is 29.6. The van der Waals surface area contributed by atoms with Gasteiger partial charge in [0.1, 0.15) is 11.8 Å². The predicted octanol–water partition coefficient (Wildman–Crippen LogP) is 6.04. The van der Waals surface area contributed by atoms with Gasteiger partial charge in [-0.1, -0.05) is 72.3 Å². The molecule has 7 nitrogen and oxygen atoms in total. The van der Waals surface area contributed by atoms with Crippen molar-refractivity contribution in [3.63, 3.8) is 0 Å². The quantitative estimate of drug-likeness (QED) is 0.207. The zero-order chi connectivity index (χ0) is 29.9. The Morgan fingerprint density at radius 3 is 2.05 bits per heavy atom.